The molecule has 0 rings (SSSR count). The maximum atomic E-state index is 11.6. The molecule has 0 radical (unpaired) electrons. The fourth-order valence-electron chi connectivity index (χ4n) is 2.85. The summed E-state index contributed by atoms with van der Waals surface area (Å²) in [4.78, 5) is 34.6. The molecule has 0 aliphatic heterocycles. The minimum Gasteiger partial charge on any atom is -0.460 e. The molecule has 0 saturated heterocycles. The summed E-state index contributed by atoms with van der Waals surface area (Å²) in [5, 5.41) is 61.1. The summed E-state index contributed by atoms with van der Waals surface area (Å²) < 4.78 is 30.8. The van der Waals surface area contributed by atoms with E-state index in [1.54, 1.807) is 0 Å². The standard InChI is InChI=1S/C27H44O15/c1-15(2)25(34)40-11-18(29)8-37-14-22(33)24(39-10-20(31)13-42-27(36)17(5)6)23(21(32)7-28)38-9-19(30)12-41-26(35)16(3)4/h18-24,28-33H,1,3,5,7-14H2,2,4,6H3. The first-order valence-corrected chi connectivity index (χ1v) is 12.9. The summed E-state index contributed by atoms with van der Waals surface area (Å²) in [5.74, 6) is -2.23. The second kappa shape index (κ2) is 21.0. The maximum absolute atomic E-state index is 11.6. The van der Waals surface area contributed by atoms with Gasteiger partial charge in [0.25, 0.3) is 0 Å². The van der Waals surface area contributed by atoms with Gasteiger partial charge in [0, 0.05) is 16.7 Å². The van der Waals surface area contributed by atoms with Gasteiger partial charge in [-0.2, -0.15) is 0 Å². The van der Waals surface area contributed by atoms with E-state index < -0.39 is 113 Å². The van der Waals surface area contributed by atoms with Gasteiger partial charge in [-0.15, -0.1) is 0 Å². The molecule has 0 saturated carbocycles. The van der Waals surface area contributed by atoms with Crippen molar-refractivity contribution in [3.8, 4) is 0 Å². The number of hydrogen-bond acceptors (Lipinski definition) is 15. The highest BCUT2D eigenvalue weighted by atomic mass is 16.6. The minimum absolute atomic E-state index is 0.0946. The monoisotopic (exact) mass is 608 g/mol. The summed E-state index contributed by atoms with van der Waals surface area (Å²) in [5.41, 5.74) is 0.319. The first-order valence-electron chi connectivity index (χ1n) is 12.9. The van der Waals surface area contributed by atoms with Crippen molar-refractivity contribution >= 4 is 17.9 Å². The van der Waals surface area contributed by atoms with Crippen LogP contribution in [-0.2, 0) is 42.8 Å². The highest BCUT2D eigenvalue weighted by Gasteiger charge is 2.36. The summed E-state index contributed by atoms with van der Waals surface area (Å²) >= 11 is 0. The van der Waals surface area contributed by atoms with E-state index in [2.05, 4.69) is 19.7 Å². The zero-order valence-electron chi connectivity index (χ0n) is 24.2. The molecule has 0 heterocycles. The fraction of sp³-hybridized carbons (Fsp3) is 0.667. The van der Waals surface area contributed by atoms with Crippen LogP contribution in [0, 0.1) is 0 Å². The van der Waals surface area contributed by atoms with E-state index in [1.165, 1.54) is 20.8 Å². The average molecular weight is 609 g/mol. The van der Waals surface area contributed by atoms with Crippen LogP contribution in [0.25, 0.3) is 0 Å². The Morgan fingerprint density at radius 1 is 0.548 bits per heavy atom. The summed E-state index contributed by atoms with van der Waals surface area (Å²) in [6.45, 7) is 10.2. The van der Waals surface area contributed by atoms with Crippen molar-refractivity contribution < 1.29 is 73.4 Å². The van der Waals surface area contributed by atoms with Gasteiger partial charge in [-0.05, 0) is 20.8 Å². The van der Waals surface area contributed by atoms with E-state index in [-0.39, 0.29) is 16.7 Å². The molecule has 15 heteroatoms. The molecule has 0 aliphatic carbocycles. The molecule has 242 valence electrons. The summed E-state index contributed by atoms with van der Waals surface area (Å²) in [7, 11) is 0. The van der Waals surface area contributed by atoms with Gasteiger partial charge in [0.05, 0.1) is 33.0 Å². The van der Waals surface area contributed by atoms with Gasteiger partial charge in [0.15, 0.2) is 0 Å². The van der Waals surface area contributed by atoms with Crippen LogP contribution >= 0.6 is 0 Å². The number of aliphatic hydroxyl groups excluding tert-OH is 6. The van der Waals surface area contributed by atoms with Crippen LogP contribution in [0.4, 0.5) is 0 Å². The second-order valence-corrected chi connectivity index (χ2v) is 9.55. The Kier molecular flexibility index (Phi) is 19.7. The Balaban J connectivity index is 5.44. The molecule has 0 aliphatic rings. The first-order chi connectivity index (χ1) is 19.6. The van der Waals surface area contributed by atoms with Gasteiger partial charge in [0.2, 0.25) is 0 Å². The quantitative estimate of drug-likeness (QED) is 0.0416. The Bertz CT molecular complexity index is 889. The largest absolute Gasteiger partial charge is 0.460 e. The van der Waals surface area contributed by atoms with E-state index in [4.69, 9.17) is 28.4 Å². The molecule has 42 heavy (non-hydrogen) atoms. The SMILES string of the molecule is C=C(C)C(=O)OCC(O)COCC(O)C(OCC(O)COC(=O)C(=C)C)C(OCC(O)COC(=O)C(=C)C)C(O)CO. The van der Waals surface area contributed by atoms with Crippen LogP contribution in [0.2, 0.25) is 0 Å². The van der Waals surface area contributed by atoms with Gasteiger partial charge in [0.1, 0.15) is 62.5 Å². The molecule has 15 nitrogen and oxygen atoms in total. The lowest BCUT2D eigenvalue weighted by atomic mass is 10.0. The highest BCUT2D eigenvalue weighted by molar-refractivity contribution is 5.87. The van der Waals surface area contributed by atoms with E-state index in [1.807, 2.05) is 0 Å². The zero-order chi connectivity index (χ0) is 32.4. The first kappa shape index (κ1) is 39.3. The lowest BCUT2D eigenvalue weighted by molar-refractivity contribution is -0.192. The van der Waals surface area contributed by atoms with Crippen LogP contribution in [0.15, 0.2) is 36.5 Å². The van der Waals surface area contributed by atoms with Crippen molar-refractivity contribution in [2.24, 2.45) is 0 Å². The van der Waals surface area contributed by atoms with Crippen molar-refractivity contribution in [3.05, 3.63) is 36.5 Å². The van der Waals surface area contributed by atoms with E-state index >= 15 is 0 Å². The van der Waals surface area contributed by atoms with Crippen LogP contribution < -0.4 is 0 Å². The number of carbonyl (C=O) groups excluding carboxylic acids is 3. The predicted molar refractivity (Wildman–Crippen MR) is 145 cm³/mol. The number of rotatable bonds is 23. The van der Waals surface area contributed by atoms with Crippen molar-refractivity contribution in [2.75, 3.05) is 52.9 Å². The molecule has 6 N–H and O–H groups in total. The molecule has 0 bridgehead atoms. The minimum atomic E-state index is -1.68. The van der Waals surface area contributed by atoms with Crippen molar-refractivity contribution in [2.45, 2.75) is 63.5 Å². The molecule has 7 atom stereocenters. The van der Waals surface area contributed by atoms with Crippen molar-refractivity contribution in [1.29, 1.82) is 0 Å². The van der Waals surface area contributed by atoms with Gasteiger partial charge in [-0.3, -0.25) is 0 Å². The number of hydrogen-bond donors (Lipinski definition) is 6. The molecule has 7 unspecified atom stereocenters. The van der Waals surface area contributed by atoms with E-state index in [9.17, 15) is 45.0 Å². The van der Waals surface area contributed by atoms with E-state index in [0.717, 1.165) is 0 Å². The van der Waals surface area contributed by atoms with E-state index in [0.29, 0.717) is 0 Å². The fourth-order valence-corrected chi connectivity index (χ4v) is 2.85. The van der Waals surface area contributed by atoms with Gasteiger partial charge >= 0.3 is 17.9 Å². The van der Waals surface area contributed by atoms with Crippen LogP contribution in [-0.4, -0.2) is 144 Å². The third-order valence-electron chi connectivity index (χ3n) is 5.10. The number of ether oxygens (including phenoxy) is 6. The molecular weight excluding hydrogens is 564 g/mol. The van der Waals surface area contributed by atoms with Crippen LogP contribution in [0.1, 0.15) is 20.8 Å². The molecule has 0 aromatic heterocycles. The molecular formula is C27H44O15. The summed E-state index contributed by atoms with van der Waals surface area (Å²) in [6, 6.07) is 0. The third kappa shape index (κ3) is 16.6. The molecule has 0 aromatic rings. The number of aliphatic hydroxyl groups is 6. The lowest BCUT2D eigenvalue weighted by Gasteiger charge is -2.34. The van der Waals surface area contributed by atoms with Crippen molar-refractivity contribution in [3.63, 3.8) is 0 Å². The predicted octanol–water partition coefficient (Wildman–Crippen LogP) is -2.07. The second-order valence-electron chi connectivity index (χ2n) is 9.55. The van der Waals surface area contributed by atoms with Gasteiger partial charge in [-0.1, -0.05) is 19.7 Å². The lowest BCUT2D eigenvalue weighted by Crippen LogP contribution is -2.52. The average Bonchev–Trinajstić information content (AvgIpc) is 2.93. The van der Waals surface area contributed by atoms with Crippen LogP contribution in [0.3, 0.4) is 0 Å². The zero-order valence-corrected chi connectivity index (χ0v) is 24.2. The topological polar surface area (TPSA) is 228 Å². The molecule has 0 spiro atoms. The van der Waals surface area contributed by atoms with Crippen LogP contribution in [0.5, 0.6) is 0 Å². The summed E-state index contributed by atoms with van der Waals surface area (Å²) in [6.07, 6.45) is -10.4. The molecule has 0 amide bonds. The van der Waals surface area contributed by atoms with Gasteiger partial charge in [-0.25, -0.2) is 14.4 Å². The van der Waals surface area contributed by atoms with Crippen molar-refractivity contribution in [1.82, 2.24) is 0 Å². The highest BCUT2D eigenvalue weighted by Crippen LogP contribution is 2.16. The third-order valence-corrected chi connectivity index (χ3v) is 5.10. The normalized spacial score (nSPS) is 16.2. The number of carbonyl (C=O) groups is 3. The Labute approximate surface area is 244 Å². The Morgan fingerprint density at radius 3 is 1.21 bits per heavy atom. The number of esters is 3. The Morgan fingerprint density at radius 2 is 0.881 bits per heavy atom. The molecule has 0 aromatic carbocycles. The smallest absolute Gasteiger partial charge is 0.333 e. The van der Waals surface area contributed by atoms with Gasteiger partial charge < -0.3 is 59.1 Å². The Hall–Kier alpha value is -2.73. The maximum Gasteiger partial charge on any atom is 0.333 e. The molecule has 0 fully saturated rings.